The van der Waals surface area contributed by atoms with Gasteiger partial charge in [-0.25, -0.2) is 4.68 Å². The Balaban J connectivity index is 2.10. The Bertz CT molecular complexity index is 560. The molecular formula is C13H16BrN3O3. The Kier molecular flexibility index (Phi) is 5.51. The maximum Gasteiger partial charge on any atom is 0.142 e. The second kappa shape index (κ2) is 7.37. The lowest BCUT2D eigenvalue weighted by molar-refractivity contribution is 0.0281. The second-order valence-corrected chi connectivity index (χ2v) is 4.85. The summed E-state index contributed by atoms with van der Waals surface area (Å²) < 4.78 is 18.2. The first-order chi connectivity index (χ1) is 9.76. The van der Waals surface area contributed by atoms with E-state index in [1.54, 1.807) is 18.9 Å². The Labute approximate surface area is 125 Å². The van der Waals surface area contributed by atoms with Crippen LogP contribution in [-0.2, 0) is 16.2 Å². The lowest BCUT2D eigenvalue weighted by atomic mass is 10.1. The van der Waals surface area contributed by atoms with Crippen molar-refractivity contribution in [3.05, 3.63) is 28.9 Å². The van der Waals surface area contributed by atoms with E-state index in [9.17, 15) is 0 Å². The average Bonchev–Trinajstić information content (AvgIpc) is 2.92. The van der Waals surface area contributed by atoms with Crippen molar-refractivity contribution in [2.24, 2.45) is 0 Å². The number of aromatic nitrogens is 3. The first kappa shape index (κ1) is 15.0. The van der Waals surface area contributed by atoms with Gasteiger partial charge in [0.15, 0.2) is 0 Å². The molecule has 7 heteroatoms. The van der Waals surface area contributed by atoms with Gasteiger partial charge in [-0.1, -0.05) is 11.3 Å². The number of ether oxygens (including phenoxy) is 3. The Hall–Kier alpha value is -1.44. The molecule has 1 aromatic heterocycles. The van der Waals surface area contributed by atoms with Gasteiger partial charge in [0.25, 0.3) is 0 Å². The van der Waals surface area contributed by atoms with Gasteiger partial charge in [-0.3, -0.25) is 0 Å². The summed E-state index contributed by atoms with van der Waals surface area (Å²) in [6, 6.07) is 5.78. The molecule has 108 valence electrons. The van der Waals surface area contributed by atoms with E-state index in [0.717, 1.165) is 21.5 Å². The Morgan fingerprint density at radius 2 is 2.10 bits per heavy atom. The van der Waals surface area contributed by atoms with Gasteiger partial charge in [0.05, 0.1) is 31.0 Å². The number of benzene rings is 1. The zero-order valence-corrected chi connectivity index (χ0v) is 13.0. The standard InChI is InChI=1S/C13H16BrN3O3/c1-18-6-7-20-9-17-8-12(15-16-17)10-4-3-5-11(14)13(10)19-2/h3-5,8H,6-7,9H2,1-2H3. The van der Waals surface area contributed by atoms with Crippen molar-refractivity contribution in [3.63, 3.8) is 0 Å². The van der Waals surface area contributed by atoms with Crippen LogP contribution in [0.1, 0.15) is 0 Å². The van der Waals surface area contributed by atoms with Crippen LogP contribution in [-0.4, -0.2) is 42.4 Å². The Morgan fingerprint density at radius 1 is 1.25 bits per heavy atom. The summed E-state index contributed by atoms with van der Waals surface area (Å²) in [6.45, 7) is 1.42. The van der Waals surface area contributed by atoms with Gasteiger partial charge >= 0.3 is 0 Å². The van der Waals surface area contributed by atoms with Crippen molar-refractivity contribution >= 4 is 15.9 Å². The third kappa shape index (κ3) is 3.56. The molecule has 0 radical (unpaired) electrons. The maximum atomic E-state index is 5.38. The minimum Gasteiger partial charge on any atom is -0.495 e. The largest absolute Gasteiger partial charge is 0.495 e. The number of hydrogen-bond donors (Lipinski definition) is 0. The van der Waals surface area contributed by atoms with Crippen LogP contribution in [0.5, 0.6) is 5.75 Å². The first-order valence-corrected chi connectivity index (χ1v) is 6.85. The molecular weight excluding hydrogens is 326 g/mol. The molecule has 6 nitrogen and oxygen atoms in total. The number of rotatable bonds is 7. The average molecular weight is 342 g/mol. The lowest BCUT2D eigenvalue weighted by Crippen LogP contribution is -2.07. The molecule has 0 aliphatic rings. The highest BCUT2D eigenvalue weighted by atomic mass is 79.9. The highest BCUT2D eigenvalue weighted by molar-refractivity contribution is 9.10. The van der Waals surface area contributed by atoms with Crippen LogP contribution in [0.2, 0.25) is 0 Å². The van der Waals surface area contributed by atoms with Crippen LogP contribution in [0.15, 0.2) is 28.9 Å². The molecule has 0 aliphatic heterocycles. The van der Waals surface area contributed by atoms with Crippen LogP contribution in [0.25, 0.3) is 11.3 Å². The van der Waals surface area contributed by atoms with Gasteiger partial charge in [0, 0.05) is 12.7 Å². The number of nitrogens with zero attached hydrogens (tertiary/aromatic N) is 3. The maximum absolute atomic E-state index is 5.38. The smallest absolute Gasteiger partial charge is 0.142 e. The quantitative estimate of drug-likeness (QED) is 0.723. The molecule has 0 aliphatic carbocycles. The summed E-state index contributed by atoms with van der Waals surface area (Å²) in [6.07, 6.45) is 1.82. The summed E-state index contributed by atoms with van der Waals surface area (Å²) >= 11 is 3.45. The number of methoxy groups -OCH3 is 2. The second-order valence-electron chi connectivity index (χ2n) is 3.99. The summed E-state index contributed by atoms with van der Waals surface area (Å²) in [4.78, 5) is 0. The van der Waals surface area contributed by atoms with E-state index >= 15 is 0 Å². The van der Waals surface area contributed by atoms with Crippen molar-refractivity contribution in [2.45, 2.75) is 6.73 Å². The van der Waals surface area contributed by atoms with E-state index in [0.29, 0.717) is 19.9 Å². The molecule has 1 heterocycles. The van der Waals surface area contributed by atoms with Crippen molar-refractivity contribution in [3.8, 4) is 17.0 Å². The van der Waals surface area contributed by atoms with Crippen LogP contribution >= 0.6 is 15.9 Å². The highest BCUT2D eigenvalue weighted by Gasteiger charge is 2.12. The van der Waals surface area contributed by atoms with Crippen molar-refractivity contribution in [1.82, 2.24) is 15.0 Å². The SMILES string of the molecule is COCCOCn1cc(-c2cccc(Br)c2OC)nn1. The highest BCUT2D eigenvalue weighted by Crippen LogP contribution is 2.34. The third-order valence-electron chi connectivity index (χ3n) is 2.64. The molecule has 2 aromatic rings. The van der Waals surface area contributed by atoms with Crippen molar-refractivity contribution in [2.75, 3.05) is 27.4 Å². The van der Waals surface area contributed by atoms with Gasteiger partial charge in [-0.05, 0) is 28.1 Å². The van der Waals surface area contributed by atoms with E-state index in [1.807, 2.05) is 24.4 Å². The third-order valence-corrected chi connectivity index (χ3v) is 3.27. The summed E-state index contributed by atoms with van der Waals surface area (Å²) in [7, 11) is 3.26. The fourth-order valence-corrected chi connectivity index (χ4v) is 2.23. The first-order valence-electron chi connectivity index (χ1n) is 6.06. The molecule has 2 rings (SSSR count). The van der Waals surface area contributed by atoms with Crippen molar-refractivity contribution < 1.29 is 14.2 Å². The van der Waals surface area contributed by atoms with E-state index in [2.05, 4.69) is 26.2 Å². The summed E-state index contributed by atoms with van der Waals surface area (Å²) in [5.74, 6) is 0.736. The van der Waals surface area contributed by atoms with Crippen LogP contribution in [0.3, 0.4) is 0 Å². The molecule has 0 spiro atoms. The van der Waals surface area contributed by atoms with E-state index in [-0.39, 0.29) is 0 Å². The predicted octanol–water partition coefficient (Wildman–Crippen LogP) is 2.34. The predicted molar refractivity (Wildman–Crippen MR) is 77.5 cm³/mol. The molecule has 0 amide bonds. The summed E-state index contributed by atoms with van der Waals surface area (Å²) in [5, 5.41) is 8.16. The zero-order valence-electron chi connectivity index (χ0n) is 11.4. The van der Waals surface area contributed by atoms with Gasteiger partial charge in [0.1, 0.15) is 18.2 Å². The van der Waals surface area contributed by atoms with Crippen LogP contribution in [0, 0.1) is 0 Å². The van der Waals surface area contributed by atoms with E-state index in [4.69, 9.17) is 14.2 Å². The minimum absolute atomic E-state index is 0.340. The Morgan fingerprint density at radius 3 is 2.85 bits per heavy atom. The molecule has 0 bridgehead atoms. The molecule has 0 N–H and O–H groups in total. The lowest BCUT2D eigenvalue weighted by Gasteiger charge is -2.07. The molecule has 0 fully saturated rings. The van der Waals surface area contributed by atoms with E-state index in [1.165, 1.54) is 0 Å². The van der Waals surface area contributed by atoms with Gasteiger partial charge < -0.3 is 14.2 Å². The number of halogens is 1. The molecule has 20 heavy (non-hydrogen) atoms. The normalized spacial score (nSPS) is 10.8. The van der Waals surface area contributed by atoms with E-state index < -0.39 is 0 Å². The fourth-order valence-electron chi connectivity index (χ4n) is 1.70. The van der Waals surface area contributed by atoms with Crippen LogP contribution < -0.4 is 4.74 Å². The van der Waals surface area contributed by atoms with Crippen molar-refractivity contribution in [1.29, 1.82) is 0 Å². The topological polar surface area (TPSA) is 58.4 Å². The molecule has 0 unspecified atom stereocenters. The summed E-state index contributed by atoms with van der Waals surface area (Å²) in [5.41, 5.74) is 1.61. The molecule has 0 atom stereocenters. The molecule has 1 aromatic carbocycles. The fraction of sp³-hybridized carbons (Fsp3) is 0.385. The van der Waals surface area contributed by atoms with Crippen LogP contribution in [0.4, 0.5) is 0 Å². The number of hydrogen-bond acceptors (Lipinski definition) is 5. The van der Waals surface area contributed by atoms with Gasteiger partial charge in [-0.2, -0.15) is 0 Å². The van der Waals surface area contributed by atoms with Gasteiger partial charge in [-0.15, -0.1) is 5.10 Å². The zero-order chi connectivity index (χ0) is 14.4. The number of para-hydroxylation sites is 1. The molecule has 0 saturated heterocycles. The van der Waals surface area contributed by atoms with Gasteiger partial charge in [0.2, 0.25) is 0 Å². The minimum atomic E-state index is 0.340. The monoisotopic (exact) mass is 341 g/mol. The molecule has 0 saturated carbocycles.